The lowest BCUT2D eigenvalue weighted by Crippen LogP contribution is -2.26. The van der Waals surface area contributed by atoms with E-state index in [0.29, 0.717) is 6.04 Å². The van der Waals surface area contributed by atoms with Gasteiger partial charge in [0.2, 0.25) is 0 Å². The Morgan fingerprint density at radius 3 is 2.93 bits per heavy atom. The first kappa shape index (κ1) is 11.1. The zero-order valence-corrected chi connectivity index (χ0v) is 10.2. The molecule has 0 aromatic carbocycles. The van der Waals surface area contributed by atoms with Gasteiger partial charge < -0.3 is 5.32 Å². The highest BCUT2D eigenvalue weighted by atomic mass is 32.1. The summed E-state index contributed by atoms with van der Waals surface area (Å²) in [7, 11) is 0. The molecule has 84 valence electrons. The van der Waals surface area contributed by atoms with Crippen molar-refractivity contribution in [1.29, 1.82) is 0 Å². The van der Waals surface area contributed by atoms with Gasteiger partial charge in [-0.05, 0) is 32.2 Å². The quantitative estimate of drug-likeness (QED) is 0.848. The molecule has 1 atom stereocenters. The molecular formula is C12H20N2S. The van der Waals surface area contributed by atoms with Gasteiger partial charge in [0.05, 0.1) is 6.04 Å². The molecule has 0 amide bonds. The monoisotopic (exact) mass is 224 g/mol. The fourth-order valence-corrected chi connectivity index (χ4v) is 2.94. The first-order valence-electron chi connectivity index (χ1n) is 5.99. The Bertz CT molecular complexity index is 265. The Morgan fingerprint density at radius 2 is 2.27 bits per heavy atom. The van der Waals surface area contributed by atoms with Crippen LogP contribution in [0.25, 0.3) is 0 Å². The molecule has 0 spiro atoms. The van der Waals surface area contributed by atoms with Crippen LogP contribution in [0.2, 0.25) is 0 Å². The molecule has 0 bridgehead atoms. The second-order valence-electron chi connectivity index (χ2n) is 4.50. The van der Waals surface area contributed by atoms with Crippen molar-refractivity contribution < 1.29 is 0 Å². The van der Waals surface area contributed by atoms with Gasteiger partial charge in [-0.15, -0.1) is 11.3 Å². The van der Waals surface area contributed by atoms with Gasteiger partial charge in [0.15, 0.2) is 0 Å². The van der Waals surface area contributed by atoms with E-state index in [1.165, 1.54) is 43.7 Å². The highest BCUT2D eigenvalue weighted by Gasteiger charge is 2.15. The number of hydrogen-bond acceptors (Lipinski definition) is 3. The number of nitrogens with zero attached hydrogens (tertiary/aromatic N) is 1. The third-order valence-corrected chi connectivity index (χ3v) is 4.22. The maximum absolute atomic E-state index is 4.34. The van der Waals surface area contributed by atoms with Crippen LogP contribution in [0.1, 0.15) is 50.1 Å². The molecule has 1 fully saturated rings. The lowest BCUT2D eigenvalue weighted by molar-refractivity contribution is 0.331. The van der Waals surface area contributed by atoms with E-state index in [9.17, 15) is 0 Å². The zero-order valence-electron chi connectivity index (χ0n) is 9.41. The SMILES string of the molecule is CC(NCC1CCCCC1)c1nccs1. The zero-order chi connectivity index (χ0) is 10.5. The Morgan fingerprint density at radius 1 is 1.47 bits per heavy atom. The van der Waals surface area contributed by atoms with E-state index in [1.807, 2.05) is 11.6 Å². The maximum atomic E-state index is 4.34. The van der Waals surface area contributed by atoms with E-state index < -0.39 is 0 Å². The van der Waals surface area contributed by atoms with Gasteiger partial charge in [0.25, 0.3) is 0 Å². The van der Waals surface area contributed by atoms with Gasteiger partial charge in [-0.25, -0.2) is 4.98 Å². The van der Waals surface area contributed by atoms with Crippen LogP contribution in [-0.4, -0.2) is 11.5 Å². The normalized spacial score (nSPS) is 20.3. The summed E-state index contributed by atoms with van der Waals surface area (Å²) in [4.78, 5) is 4.34. The third-order valence-electron chi connectivity index (χ3n) is 3.26. The van der Waals surface area contributed by atoms with Gasteiger partial charge in [-0.1, -0.05) is 19.3 Å². The number of hydrogen-bond donors (Lipinski definition) is 1. The molecule has 0 aliphatic heterocycles. The van der Waals surface area contributed by atoms with Crippen molar-refractivity contribution >= 4 is 11.3 Å². The molecule has 1 saturated carbocycles. The Hall–Kier alpha value is -0.410. The molecule has 1 aromatic rings. The molecule has 0 saturated heterocycles. The van der Waals surface area contributed by atoms with Crippen molar-refractivity contribution in [3.8, 4) is 0 Å². The fraction of sp³-hybridized carbons (Fsp3) is 0.750. The smallest absolute Gasteiger partial charge is 0.109 e. The summed E-state index contributed by atoms with van der Waals surface area (Å²) >= 11 is 1.74. The van der Waals surface area contributed by atoms with Gasteiger partial charge in [-0.2, -0.15) is 0 Å². The van der Waals surface area contributed by atoms with Crippen LogP contribution >= 0.6 is 11.3 Å². The summed E-state index contributed by atoms with van der Waals surface area (Å²) in [5.74, 6) is 0.904. The lowest BCUT2D eigenvalue weighted by Gasteiger charge is -2.23. The lowest BCUT2D eigenvalue weighted by atomic mass is 9.89. The standard InChI is InChI=1S/C12H20N2S/c1-10(12-13-7-8-15-12)14-9-11-5-3-2-4-6-11/h7-8,10-11,14H,2-6,9H2,1H3. The van der Waals surface area contributed by atoms with E-state index >= 15 is 0 Å². The molecule has 1 N–H and O–H groups in total. The van der Waals surface area contributed by atoms with Crippen LogP contribution in [0.3, 0.4) is 0 Å². The van der Waals surface area contributed by atoms with E-state index in [2.05, 4.69) is 17.2 Å². The highest BCUT2D eigenvalue weighted by molar-refractivity contribution is 7.09. The minimum atomic E-state index is 0.423. The van der Waals surface area contributed by atoms with Crippen molar-refractivity contribution in [2.75, 3.05) is 6.54 Å². The fourth-order valence-electron chi connectivity index (χ4n) is 2.27. The van der Waals surface area contributed by atoms with E-state index in [0.717, 1.165) is 5.92 Å². The average molecular weight is 224 g/mol. The van der Waals surface area contributed by atoms with Gasteiger partial charge in [0, 0.05) is 11.6 Å². The van der Waals surface area contributed by atoms with Crippen LogP contribution < -0.4 is 5.32 Å². The molecule has 1 heterocycles. The summed E-state index contributed by atoms with van der Waals surface area (Å²) in [5.41, 5.74) is 0. The summed E-state index contributed by atoms with van der Waals surface area (Å²) in [6.45, 7) is 3.38. The summed E-state index contributed by atoms with van der Waals surface area (Å²) in [5, 5.41) is 6.87. The van der Waals surface area contributed by atoms with Crippen LogP contribution in [0.5, 0.6) is 0 Å². The summed E-state index contributed by atoms with van der Waals surface area (Å²) < 4.78 is 0. The molecule has 15 heavy (non-hydrogen) atoms. The number of rotatable bonds is 4. The topological polar surface area (TPSA) is 24.9 Å². The van der Waals surface area contributed by atoms with Crippen molar-refractivity contribution in [1.82, 2.24) is 10.3 Å². The molecule has 1 unspecified atom stereocenters. The van der Waals surface area contributed by atoms with Gasteiger partial charge >= 0.3 is 0 Å². The van der Waals surface area contributed by atoms with Crippen molar-refractivity contribution in [3.63, 3.8) is 0 Å². The van der Waals surface area contributed by atoms with Crippen LogP contribution in [-0.2, 0) is 0 Å². The molecule has 1 aliphatic carbocycles. The van der Waals surface area contributed by atoms with Crippen molar-refractivity contribution in [3.05, 3.63) is 16.6 Å². The molecule has 1 aromatic heterocycles. The van der Waals surface area contributed by atoms with Crippen LogP contribution in [0, 0.1) is 5.92 Å². The predicted molar refractivity (Wildman–Crippen MR) is 65.1 cm³/mol. The Labute approximate surface area is 96.1 Å². The molecular weight excluding hydrogens is 204 g/mol. The Balaban J connectivity index is 1.73. The second-order valence-corrected chi connectivity index (χ2v) is 5.43. The Kier molecular flexibility index (Phi) is 4.15. The first-order chi connectivity index (χ1) is 7.36. The molecule has 2 nitrogen and oxygen atoms in total. The molecule has 0 radical (unpaired) electrons. The average Bonchev–Trinajstić information content (AvgIpc) is 2.81. The van der Waals surface area contributed by atoms with Gasteiger partial charge in [0.1, 0.15) is 5.01 Å². The minimum absolute atomic E-state index is 0.423. The number of aromatic nitrogens is 1. The second kappa shape index (κ2) is 5.61. The third kappa shape index (κ3) is 3.28. The predicted octanol–water partition coefficient (Wildman–Crippen LogP) is 3.37. The summed E-state index contributed by atoms with van der Waals surface area (Å²) in [6.07, 6.45) is 9.02. The molecule has 1 aliphatic rings. The van der Waals surface area contributed by atoms with E-state index in [4.69, 9.17) is 0 Å². The molecule has 2 rings (SSSR count). The highest BCUT2D eigenvalue weighted by Crippen LogP contribution is 2.24. The van der Waals surface area contributed by atoms with E-state index in [1.54, 1.807) is 11.3 Å². The number of thiazole rings is 1. The van der Waals surface area contributed by atoms with Gasteiger partial charge in [-0.3, -0.25) is 0 Å². The van der Waals surface area contributed by atoms with Crippen LogP contribution in [0.4, 0.5) is 0 Å². The van der Waals surface area contributed by atoms with E-state index in [-0.39, 0.29) is 0 Å². The minimum Gasteiger partial charge on any atom is -0.308 e. The first-order valence-corrected chi connectivity index (χ1v) is 6.87. The van der Waals surface area contributed by atoms with Crippen molar-refractivity contribution in [2.24, 2.45) is 5.92 Å². The van der Waals surface area contributed by atoms with Crippen LogP contribution in [0.15, 0.2) is 11.6 Å². The summed E-state index contributed by atoms with van der Waals surface area (Å²) in [6, 6.07) is 0.423. The largest absolute Gasteiger partial charge is 0.308 e. The van der Waals surface area contributed by atoms with Crippen molar-refractivity contribution in [2.45, 2.75) is 45.1 Å². The molecule has 3 heteroatoms. The maximum Gasteiger partial charge on any atom is 0.109 e. The number of nitrogens with one attached hydrogen (secondary N) is 1.